The van der Waals surface area contributed by atoms with Crippen LogP contribution in [0.15, 0.2) is 48.6 Å². The van der Waals surface area contributed by atoms with Gasteiger partial charge < -0.3 is 14.6 Å². The SMILES string of the molecule is CCCCCCC/C=C\C/C=C\C/C=C\CCCCCCCCCOCC(CO)OC(=O)CCCCCCC/C=C\CCCCCCC. The molecule has 4 nitrogen and oxygen atoms in total. The molecule has 0 fully saturated rings. The van der Waals surface area contributed by atoms with Crippen molar-refractivity contribution in [1.82, 2.24) is 0 Å². The molecule has 0 aliphatic carbocycles. The first-order chi connectivity index (χ1) is 23.7. The van der Waals surface area contributed by atoms with Gasteiger partial charge in [-0.1, -0.05) is 165 Å². The molecule has 0 amide bonds. The number of carbonyl (C=O) groups excluding carboxylic acids is 1. The molecule has 48 heavy (non-hydrogen) atoms. The van der Waals surface area contributed by atoms with E-state index in [0.717, 1.165) is 38.5 Å². The molecule has 4 heteroatoms. The smallest absolute Gasteiger partial charge is 0.306 e. The predicted octanol–water partition coefficient (Wildman–Crippen LogP) is 13.5. The Bertz CT molecular complexity index is 753. The summed E-state index contributed by atoms with van der Waals surface area (Å²) >= 11 is 0. The average Bonchev–Trinajstić information content (AvgIpc) is 3.09. The quantitative estimate of drug-likeness (QED) is 0.0403. The van der Waals surface area contributed by atoms with Crippen LogP contribution >= 0.6 is 0 Å². The highest BCUT2D eigenvalue weighted by Crippen LogP contribution is 2.12. The molecule has 0 rings (SSSR count). The number of unbranched alkanes of at least 4 members (excludes halogenated alkanes) is 22. The average molecular weight is 673 g/mol. The standard InChI is InChI=1S/C44H80O4/c1-3-5-7-9-11-13-15-17-19-20-21-22-23-24-25-26-28-30-32-34-36-38-40-47-42-43(41-45)48-44(46)39-37-35-33-31-29-27-18-16-14-12-10-8-6-4-2/h15-18,20-21,23-24,43,45H,3-14,19,22,25-42H2,1-2H3/b17-15-,18-16-,21-20-,24-23-. The molecule has 0 spiro atoms. The van der Waals surface area contributed by atoms with Crippen LogP contribution < -0.4 is 0 Å². The molecule has 0 saturated carbocycles. The number of hydrogen-bond acceptors (Lipinski definition) is 4. The van der Waals surface area contributed by atoms with E-state index in [1.807, 2.05) is 0 Å². The fourth-order valence-corrected chi connectivity index (χ4v) is 5.74. The molecule has 1 N–H and O–H groups in total. The van der Waals surface area contributed by atoms with Gasteiger partial charge in [0.1, 0.15) is 6.10 Å². The normalized spacial score (nSPS) is 12.8. The Hall–Kier alpha value is -1.65. The third kappa shape index (κ3) is 38.8. The van der Waals surface area contributed by atoms with E-state index >= 15 is 0 Å². The van der Waals surface area contributed by atoms with Gasteiger partial charge in [0.2, 0.25) is 0 Å². The molecule has 0 aromatic rings. The fourth-order valence-electron chi connectivity index (χ4n) is 5.74. The lowest BCUT2D eigenvalue weighted by Gasteiger charge is -2.15. The number of rotatable bonds is 38. The summed E-state index contributed by atoms with van der Waals surface area (Å²) in [5, 5.41) is 9.58. The minimum absolute atomic E-state index is 0.180. The van der Waals surface area contributed by atoms with E-state index in [9.17, 15) is 9.90 Å². The summed E-state index contributed by atoms with van der Waals surface area (Å²) in [6.07, 6.45) is 53.0. The van der Waals surface area contributed by atoms with Crippen LogP contribution in [0, 0.1) is 0 Å². The summed E-state index contributed by atoms with van der Waals surface area (Å²) in [6.45, 7) is 5.30. The molecule has 0 aliphatic heterocycles. The second-order valence-corrected chi connectivity index (χ2v) is 13.7. The Labute approximate surface area is 299 Å². The molecule has 1 atom stereocenters. The highest BCUT2D eigenvalue weighted by molar-refractivity contribution is 5.69. The lowest BCUT2D eigenvalue weighted by molar-refractivity contribution is -0.154. The molecule has 0 heterocycles. The van der Waals surface area contributed by atoms with E-state index in [1.165, 1.54) is 141 Å². The van der Waals surface area contributed by atoms with E-state index in [1.54, 1.807) is 0 Å². The molecule has 0 bridgehead atoms. The van der Waals surface area contributed by atoms with Crippen LogP contribution in [0.5, 0.6) is 0 Å². The van der Waals surface area contributed by atoms with Crippen LogP contribution in [0.1, 0.15) is 200 Å². The van der Waals surface area contributed by atoms with Crippen molar-refractivity contribution in [3.05, 3.63) is 48.6 Å². The topological polar surface area (TPSA) is 55.8 Å². The number of hydrogen-bond donors (Lipinski definition) is 1. The summed E-state index contributed by atoms with van der Waals surface area (Å²) in [5.41, 5.74) is 0. The van der Waals surface area contributed by atoms with Gasteiger partial charge in [-0.15, -0.1) is 0 Å². The number of esters is 1. The summed E-state index contributed by atoms with van der Waals surface area (Å²) in [4.78, 5) is 12.2. The molecule has 1 unspecified atom stereocenters. The minimum Gasteiger partial charge on any atom is -0.457 e. The molecule has 0 aromatic carbocycles. The van der Waals surface area contributed by atoms with E-state index in [0.29, 0.717) is 13.0 Å². The van der Waals surface area contributed by atoms with E-state index < -0.39 is 6.10 Å². The molecule has 0 aromatic heterocycles. The van der Waals surface area contributed by atoms with Crippen molar-refractivity contribution in [1.29, 1.82) is 0 Å². The van der Waals surface area contributed by atoms with Crippen LogP contribution in [-0.4, -0.2) is 37.0 Å². The van der Waals surface area contributed by atoms with Crippen molar-refractivity contribution in [2.24, 2.45) is 0 Å². The summed E-state index contributed by atoms with van der Waals surface area (Å²) < 4.78 is 11.1. The zero-order valence-corrected chi connectivity index (χ0v) is 32.0. The van der Waals surface area contributed by atoms with E-state index in [4.69, 9.17) is 9.47 Å². The third-order valence-electron chi connectivity index (χ3n) is 8.88. The van der Waals surface area contributed by atoms with Crippen molar-refractivity contribution in [3.63, 3.8) is 0 Å². The molecule has 280 valence electrons. The fraction of sp³-hybridized carbons (Fsp3) is 0.795. The number of ether oxygens (including phenoxy) is 2. The van der Waals surface area contributed by atoms with Crippen LogP contribution in [0.3, 0.4) is 0 Å². The number of carbonyl (C=O) groups is 1. The van der Waals surface area contributed by atoms with Gasteiger partial charge in [-0.2, -0.15) is 0 Å². The largest absolute Gasteiger partial charge is 0.457 e. The lowest BCUT2D eigenvalue weighted by Crippen LogP contribution is -2.27. The van der Waals surface area contributed by atoms with Gasteiger partial charge in [-0.05, 0) is 77.0 Å². The monoisotopic (exact) mass is 673 g/mol. The van der Waals surface area contributed by atoms with E-state index in [2.05, 4.69) is 62.5 Å². The van der Waals surface area contributed by atoms with Gasteiger partial charge in [0.25, 0.3) is 0 Å². The zero-order valence-electron chi connectivity index (χ0n) is 32.0. The van der Waals surface area contributed by atoms with Gasteiger partial charge in [0.15, 0.2) is 0 Å². The number of aliphatic hydroxyl groups is 1. The van der Waals surface area contributed by atoms with Crippen molar-refractivity contribution >= 4 is 5.97 Å². The van der Waals surface area contributed by atoms with Gasteiger partial charge >= 0.3 is 5.97 Å². The predicted molar refractivity (Wildman–Crippen MR) is 210 cm³/mol. The van der Waals surface area contributed by atoms with Gasteiger partial charge in [-0.25, -0.2) is 0 Å². The second-order valence-electron chi connectivity index (χ2n) is 13.7. The Morgan fingerprint density at radius 1 is 0.500 bits per heavy atom. The minimum atomic E-state index is -0.544. The maximum absolute atomic E-state index is 12.2. The highest BCUT2D eigenvalue weighted by Gasteiger charge is 2.13. The Morgan fingerprint density at radius 2 is 0.875 bits per heavy atom. The van der Waals surface area contributed by atoms with Crippen LogP contribution in [0.2, 0.25) is 0 Å². The molecule has 0 radical (unpaired) electrons. The van der Waals surface area contributed by atoms with Gasteiger partial charge in [-0.3, -0.25) is 4.79 Å². The zero-order chi connectivity index (χ0) is 34.9. The Morgan fingerprint density at radius 3 is 1.33 bits per heavy atom. The molecule has 0 saturated heterocycles. The first kappa shape index (κ1) is 46.4. The summed E-state index contributed by atoms with van der Waals surface area (Å²) in [7, 11) is 0. The maximum Gasteiger partial charge on any atom is 0.306 e. The lowest BCUT2D eigenvalue weighted by atomic mass is 10.1. The Kier molecular flexibility index (Phi) is 40.1. The molecular weight excluding hydrogens is 592 g/mol. The number of allylic oxidation sites excluding steroid dienone is 8. The molecular formula is C44H80O4. The summed E-state index contributed by atoms with van der Waals surface area (Å²) in [6, 6.07) is 0. The Balaban J connectivity index is 3.47. The van der Waals surface area contributed by atoms with Gasteiger partial charge in [0.05, 0.1) is 13.2 Å². The number of aliphatic hydroxyl groups excluding tert-OH is 1. The van der Waals surface area contributed by atoms with Crippen molar-refractivity contribution < 1.29 is 19.4 Å². The van der Waals surface area contributed by atoms with Crippen molar-refractivity contribution in [3.8, 4) is 0 Å². The molecule has 0 aliphatic rings. The van der Waals surface area contributed by atoms with Crippen LogP contribution in [0.4, 0.5) is 0 Å². The van der Waals surface area contributed by atoms with Crippen molar-refractivity contribution in [2.75, 3.05) is 19.8 Å². The summed E-state index contributed by atoms with van der Waals surface area (Å²) in [5.74, 6) is -0.214. The first-order valence-electron chi connectivity index (χ1n) is 20.7. The third-order valence-corrected chi connectivity index (χ3v) is 8.88. The van der Waals surface area contributed by atoms with E-state index in [-0.39, 0.29) is 19.2 Å². The van der Waals surface area contributed by atoms with Crippen LogP contribution in [0.25, 0.3) is 0 Å². The second kappa shape index (κ2) is 41.5. The van der Waals surface area contributed by atoms with Crippen LogP contribution in [-0.2, 0) is 14.3 Å². The van der Waals surface area contributed by atoms with Gasteiger partial charge in [0, 0.05) is 13.0 Å². The van der Waals surface area contributed by atoms with Crippen molar-refractivity contribution in [2.45, 2.75) is 206 Å². The maximum atomic E-state index is 12.2. The highest BCUT2D eigenvalue weighted by atomic mass is 16.6. The first-order valence-corrected chi connectivity index (χ1v) is 20.7.